The number of hydrogen-bond acceptors (Lipinski definition) is 3. The third-order valence-corrected chi connectivity index (χ3v) is 6.47. The monoisotopic (exact) mass is 377 g/mol. The van der Waals surface area contributed by atoms with E-state index in [1.54, 1.807) is 0 Å². The van der Waals surface area contributed by atoms with Gasteiger partial charge in [-0.15, -0.1) is 24.8 Å². The lowest BCUT2D eigenvalue weighted by atomic mass is 9.85. The average molecular weight is 378 g/mol. The van der Waals surface area contributed by atoms with Crippen molar-refractivity contribution in [1.29, 1.82) is 0 Å². The van der Waals surface area contributed by atoms with Gasteiger partial charge < -0.3 is 15.1 Å². The van der Waals surface area contributed by atoms with Crippen LogP contribution in [0.25, 0.3) is 0 Å². The molecule has 4 fully saturated rings. The van der Waals surface area contributed by atoms with Gasteiger partial charge in [0.25, 0.3) is 0 Å². The van der Waals surface area contributed by atoms with Crippen LogP contribution in [0.4, 0.5) is 0 Å². The van der Waals surface area contributed by atoms with Crippen molar-refractivity contribution >= 4 is 30.7 Å². The molecule has 1 saturated carbocycles. The van der Waals surface area contributed by atoms with Crippen LogP contribution < -0.4 is 5.32 Å². The Morgan fingerprint density at radius 1 is 0.958 bits per heavy atom. The van der Waals surface area contributed by atoms with Crippen molar-refractivity contribution in [3.05, 3.63) is 0 Å². The zero-order chi connectivity index (χ0) is 14.9. The second kappa shape index (κ2) is 9.07. The molecule has 140 valence electrons. The minimum absolute atomic E-state index is 0. The molecule has 0 bridgehead atoms. The first-order valence-corrected chi connectivity index (χ1v) is 9.57. The lowest BCUT2D eigenvalue weighted by Gasteiger charge is -2.24. The fourth-order valence-corrected chi connectivity index (χ4v) is 5.24. The largest absolute Gasteiger partial charge is 0.341 e. The molecule has 3 saturated heterocycles. The molecule has 0 aromatic carbocycles. The third kappa shape index (κ3) is 4.38. The molecule has 4 aliphatic rings. The minimum Gasteiger partial charge on any atom is -0.341 e. The normalized spacial score (nSPS) is 36.1. The number of carbonyl (C=O) groups is 1. The summed E-state index contributed by atoms with van der Waals surface area (Å²) in [5.41, 5.74) is 0. The molecule has 4 unspecified atom stereocenters. The molecule has 1 amide bonds. The highest BCUT2D eigenvalue weighted by atomic mass is 35.5. The number of likely N-dealkylation sites (tertiary alicyclic amines) is 2. The highest BCUT2D eigenvalue weighted by Crippen LogP contribution is 2.34. The summed E-state index contributed by atoms with van der Waals surface area (Å²) in [4.78, 5) is 17.6. The smallest absolute Gasteiger partial charge is 0.239 e. The Bertz CT molecular complexity index is 403. The predicted octanol–water partition coefficient (Wildman–Crippen LogP) is 2.70. The summed E-state index contributed by atoms with van der Waals surface area (Å²) in [7, 11) is 0. The Balaban J connectivity index is 0.00000104. The van der Waals surface area contributed by atoms with E-state index in [0.29, 0.717) is 17.9 Å². The van der Waals surface area contributed by atoms with Crippen LogP contribution in [0.5, 0.6) is 0 Å². The van der Waals surface area contributed by atoms with E-state index < -0.39 is 0 Å². The summed E-state index contributed by atoms with van der Waals surface area (Å²) in [6, 6.07) is 0.754. The Kier molecular flexibility index (Phi) is 7.66. The first kappa shape index (κ1) is 20.3. The molecule has 3 heterocycles. The number of rotatable bonds is 3. The molecule has 1 N–H and O–H groups in total. The molecular weight excluding hydrogens is 345 g/mol. The van der Waals surface area contributed by atoms with Gasteiger partial charge in [-0.3, -0.25) is 4.79 Å². The van der Waals surface area contributed by atoms with Crippen LogP contribution in [0, 0.1) is 11.8 Å². The van der Waals surface area contributed by atoms with E-state index in [9.17, 15) is 4.79 Å². The van der Waals surface area contributed by atoms with Crippen molar-refractivity contribution in [3.63, 3.8) is 0 Å². The summed E-state index contributed by atoms with van der Waals surface area (Å²) in [6.45, 7) is 5.76. The summed E-state index contributed by atoms with van der Waals surface area (Å²) in [6.07, 6.45) is 10.4. The average Bonchev–Trinajstić information content (AvgIpc) is 3.27. The zero-order valence-corrected chi connectivity index (χ0v) is 16.3. The van der Waals surface area contributed by atoms with Crippen molar-refractivity contribution in [1.82, 2.24) is 15.1 Å². The first-order chi connectivity index (χ1) is 10.8. The molecule has 0 aromatic heterocycles. The first-order valence-electron chi connectivity index (χ1n) is 9.57. The lowest BCUT2D eigenvalue weighted by Crippen LogP contribution is -2.45. The minimum atomic E-state index is 0. The van der Waals surface area contributed by atoms with Crippen LogP contribution >= 0.6 is 24.8 Å². The molecule has 6 heteroatoms. The van der Waals surface area contributed by atoms with E-state index in [4.69, 9.17) is 0 Å². The van der Waals surface area contributed by atoms with E-state index in [2.05, 4.69) is 15.1 Å². The van der Waals surface area contributed by atoms with Gasteiger partial charge >= 0.3 is 0 Å². The van der Waals surface area contributed by atoms with Gasteiger partial charge in [-0.05, 0) is 63.5 Å². The number of nitrogens with one attached hydrogen (secondary N) is 1. The van der Waals surface area contributed by atoms with Gasteiger partial charge in [-0.1, -0.05) is 12.8 Å². The molecule has 3 aliphatic heterocycles. The SMILES string of the molecule is Cl.Cl.O=C(C1CC2CCCCC2N1)N1CCC(CN2CCCC2)C1. The van der Waals surface area contributed by atoms with Crippen molar-refractivity contribution in [2.45, 2.75) is 63.5 Å². The van der Waals surface area contributed by atoms with Crippen molar-refractivity contribution in [2.24, 2.45) is 11.8 Å². The van der Waals surface area contributed by atoms with E-state index in [-0.39, 0.29) is 30.9 Å². The van der Waals surface area contributed by atoms with E-state index in [1.807, 2.05) is 0 Å². The fraction of sp³-hybridized carbons (Fsp3) is 0.944. The quantitative estimate of drug-likeness (QED) is 0.820. The Hall–Kier alpha value is -0.0300. The number of hydrogen-bond donors (Lipinski definition) is 1. The summed E-state index contributed by atoms with van der Waals surface area (Å²) in [5, 5.41) is 3.66. The van der Waals surface area contributed by atoms with Gasteiger partial charge in [-0.25, -0.2) is 0 Å². The standard InChI is InChI=1S/C18H31N3O.2ClH/c22-18(17-11-15-5-1-2-6-16(15)19-17)21-10-7-14(13-21)12-20-8-3-4-9-20;;/h14-17,19H,1-13H2;2*1H. The zero-order valence-electron chi connectivity index (χ0n) is 14.6. The summed E-state index contributed by atoms with van der Waals surface area (Å²) >= 11 is 0. The van der Waals surface area contributed by atoms with Gasteiger partial charge in [0.2, 0.25) is 5.91 Å². The molecule has 0 radical (unpaired) electrons. The van der Waals surface area contributed by atoms with Gasteiger partial charge in [0, 0.05) is 25.7 Å². The summed E-state index contributed by atoms with van der Waals surface area (Å²) in [5.74, 6) is 1.88. The molecule has 0 aromatic rings. The number of amides is 1. The molecule has 1 aliphatic carbocycles. The fourth-order valence-electron chi connectivity index (χ4n) is 5.24. The molecule has 0 spiro atoms. The molecule has 4 nitrogen and oxygen atoms in total. The van der Waals surface area contributed by atoms with Crippen molar-refractivity contribution < 1.29 is 4.79 Å². The lowest BCUT2D eigenvalue weighted by molar-refractivity contribution is -0.132. The second-order valence-electron chi connectivity index (χ2n) is 8.05. The Morgan fingerprint density at radius 3 is 2.46 bits per heavy atom. The van der Waals surface area contributed by atoms with Crippen LogP contribution in [0.2, 0.25) is 0 Å². The number of carbonyl (C=O) groups excluding carboxylic acids is 1. The maximum Gasteiger partial charge on any atom is 0.239 e. The van der Waals surface area contributed by atoms with Gasteiger partial charge in [0.05, 0.1) is 6.04 Å². The molecule has 4 rings (SSSR count). The maximum absolute atomic E-state index is 12.8. The predicted molar refractivity (Wildman–Crippen MR) is 102 cm³/mol. The van der Waals surface area contributed by atoms with E-state index >= 15 is 0 Å². The molecule has 4 atom stereocenters. The topological polar surface area (TPSA) is 35.6 Å². The van der Waals surface area contributed by atoms with Crippen molar-refractivity contribution in [2.75, 3.05) is 32.7 Å². The number of nitrogens with zero attached hydrogens (tertiary/aromatic N) is 2. The maximum atomic E-state index is 12.8. The van der Waals surface area contributed by atoms with Crippen molar-refractivity contribution in [3.8, 4) is 0 Å². The van der Waals surface area contributed by atoms with Crippen LogP contribution in [-0.2, 0) is 4.79 Å². The van der Waals surface area contributed by atoms with Gasteiger partial charge in [0.1, 0.15) is 0 Å². The third-order valence-electron chi connectivity index (χ3n) is 6.47. The number of halogens is 2. The molecule has 24 heavy (non-hydrogen) atoms. The van der Waals surface area contributed by atoms with Crippen LogP contribution in [0.1, 0.15) is 51.4 Å². The molecular formula is C18H33Cl2N3O. The van der Waals surface area contributed by atoms with Crippen LogP contribution in [0.3, 0.4) is 0 Å². The van der Waals surface area contributed by atoms with Gasteiger partial charge in [0.15, 0.2) is 0 Å². The highest BCUT2D eigenvalue weighted by Gasteiger charge is 2.41. The second-order valence-corrected chi connectivity index (χ2v) is 8.05. The van der Waals surface area contributed by atoms with Crippen LogP contribution in [-0.4, -0.2) is 60.5 Å². The van der Waals surface area contributed by atoms with Crippen LogP contribution in [0.15, 0.2) is 0 Å². The van der Waals surface area contributed by atoms with Gasteiger partial charge in [-0.2, -0.15) is 0 Å². The van der Waals surface area contributed by atoms with E-state index in [1.165, 1.54) is 64.6 Å². The Labute approximate surface area is 158 Å². The van der Waals surface area contributed by atoms with E-state index in [0.717, 1.165) is 25.4 Å². The Morgan fingerprint density at radius 2 is 1.71 bits per heavy atom. The summed E-state index contributed by atoms with van der Waals surface area (Å²) < 4.78 is 0. The number of fused-ring (bicyclic) bond motifs is 1. The highest BCUT2D eigenvalue weighted by molar-refractivity contribution is 5.85.